The van der Waals surface area contributed by atoms with Gasteiger partial charge in [0.25, 0.3) is 0 Å². The highest BCUT2D eigenvalue weighted by atomic mass is 35.5. The van der Waals surface area contributed by atoms with E-state index in [9.17, 15) is 14.9 Å². The highest BCUT2D eigenvalue weighted by molar-refractivity contribution is 6.37. The van der Waals surface area contributed by atoms with Gasteiger partial charge in [0.05, 0.1) is 22.7 Å². The number of rotatable bonds is 5. The van der Waals surface area contributed by atoms with Crippen molar-refractivity contribution in [2.45, 2.75) is 43.8 Å². The van der Waals surface area contributed by atoms with E-state index in [1.165, 1.54) is 6.07 Å². The van der Waals surface area contributed by atoms with Crippen LogP contribution in [-0.2, 0) is 4.79 Å². The van der Waals surface area contributed by atoms with E-state index in [0.717, 1.165) is 30.0 Å². The van der Waals surface area contributed by atoms with Crippen molar-refractivity contribution in [3.8, 4) is 11.8 Å². The third kappa shape index (κ3) is 3.93. The molecule has 2 heterocycles. The Balaban J connectivity index is 1.38. The summed E-state index contributed by atoms with van der Waals surface area (Å²) in [5, 5.41) is 23.5. The maximum atomic E-state index is 12.7. The third-order valence-corrected chi connectivity index (χ3v) is 6.22. The zero-order valence-corrected chi connectivity index (χ0v) is 17.1. The van der Waals surface area contributed by atoms with E-state index in [1.807, 2.05) is 0 Å². The van der Waals surface area contributed by atoms with Gasteiger partial charge in [-0.05, 0) is 49.3 Å². The number of amides is 1. The van der Waals surface area contributed by atoms with Crippen molar-refractivity contribution in [1.82, 2.24) is 10.2 Å². The van der Waals surface area contributed by atoms with Crippen LogP contribution in [0.15, 0.2) is 30.3 Å². The lowest BCUT2D eigenvalue weighted by Crippen LogP contribution is -2.47. The van der Waals surface area contributed by atoms with Crippen LogP contribution in [0.2, 0.25) is 5.02 Å². The van der Waals surface area contributed by atoms with Crippen molar-refractivity contribution < 1.29 is 19.4 Å². The van der Waals surface area contributed by atoms with Crippen molar-refractivity contribution in [3.05, 3.63) is 40.9 Å². The minimum atomic E-state index is -0.986. The number of carbonyl (C=O) groups is 2. The van der Waals surface area contributed by atoms with Crippen LogP contribution in [0.3, 0.4) is 0 Å². The van der Waals surface area contributed by atoms with Crippen molar-refractivity contribution in [2.24, 2.45) is 0 Å². The van der Waals surface area contributed by atoms with Gasteiger partial charge in [0, 0.05) is 18.0 Å². The first-order valence-corrected chi connectivity index (χ1v) is 10.4. The van der Waals surface area contributed by atoms with E-state index >= 15 is 0 Å². The van der Waals surface area contributed by atoms with E-state index in [1.54, 1.807) is 29.2 Å². The number of aromatic carboxylic acids is 1. The molecule has 8 heteroatoms. The summed E-state index contributed by atoms with van der Waals surface area (Å²) in [7, 11) is 0. The number of ether oxygens (including phenoxy) is 1. The number of nitriles is 1. The van der Waals surface area contributed by atoms with Gasteiger partial charge < -0.3 is 14.7 Å². The highest BCUT2D eigenvalue weighted by Crippen LogP contribution is 2.33. The van der Waals surface area contributed by atoms with Crippen LogP contribution in [0.4, 0.5) is 0 Å². The third-order valence-electron chi connectivity index (χ3n) is 5.83. The Morgan fingerprint density at radius 2 is 2.10 bits per heavy atom. The lowest BCUT2D eigenvalue weighted by molar-refractivity contribution is -0.133. The number of hydrogen-bond acceptors (Lipinski definition) is 5. The molecule has 0 saturated carbocycles. The molecule has 2 N–H and O–H groups in total. The molecule has 0 unspecified atom stereocenters. The summed E-state index contributed by atoms with van der Waals surface area (Å²) < 4.78 is 5.91. The maximum Gasteiger partial charge on any atom is 0.335 e. The first-order valence-electron chi connectivity index (χ1n) is 10.0. The molecule has 1 amide bonds. The van der Waals surface area contributed by atoms with E-state index in [4.69, 9.17) is 21.4 Å². The number of nitrogens with zero attached hydrogens (tertiary/aromatic N) is 2. The van der Waals surface area contributed by atoms with E-state index in [-0.39, 0.29) is 29.6 Å². The SMILES string of the molecule is N#C[C@@H]1CCCN1C(=O)[C@@H]1CC[C@H](COc2ccc3cc(C(=O)O)ccc3c2Cl)N1. The zero-order valence-electron chi connectivity index (χ0n) is 16.3. The molecule has 3 atom stereocenters. The second-order valence-electron chi connectivity index (χ2n) is 7.74. The Morgan fingerprint density at radius 1 is 1.27 bits per heavy atom. The average Bonchev–Trinajstić information content (AvgIpc) is 3.42. The second kappa shape index (κ2) is 8.50. The lowest BCUT2D eigenvalue weighted by Gasteiger charge is -2.24. The fraction of sp³-hybridized carbons (Fsp3) is 0.409. The summed E-state index contributed by atoms with van der Waals surface area (Å²) in [5.74, 6) is -0.466. The Hall–Kier alpha value is -2.82. The van der Waals surface area contributed by atoms with Crippen molar-refractivity contribution in [1.29, 1.82) is 5.26 Å². The van der Waals surface area contributed by atoms with Gasteiger partial charge in [-0.25, -0.2) is 4.79 Å². The standard InChI is InChI=1S/C22H22ClN3O4/c23-20-17-6-3-14(22(28)29)10-13(17)4-8-19(20)30-12-15-5-7-18(25-15)21(27)26-9-1-2-16(26)11-24/h3-4,6,8,10,15-16,18,25H,1-2,5,7,9,12H2,(H,28,29)/t15-,16+,18+/m1/s1. The Kier molecular flexibility index (Phi) is 5.80. The van der Waals surface area contributed by atoms with Gasteiger partial charge in [-0.15, -0.1) is 0 Å². The van der Waals surface area contributed by atoms with Crippen LogP contribution in [0.5, 0.6) is 5.75 Å². The molecule has 2 fully saturated rings. The lowest BCUT2D eigenvalue weighted by atomic mass is 10.1. The quantitative estimate of drug-likeness (QED) is 0.759. The normalized spacial score (nSPS) is 23.5. The van der Waals surface area contributed by atoms with Crippen LogP contribution in [0, 0.1) is 11.3 Å². The van der Waals surface area contributed by atoms with E-state index in [0.29, 0.717) is 30.3 Å². The molecule has 2 aromatic carbocycles. The minimum Gasteiger partial charge on any atom is -0.490 e. The Morgan fingerprint density at radius 3 is 2.87 bits per heavy atom. The zero-order chi connectivity index (χ0) is 21.3. The number of halogens is 1. The number of carbonyl (C=O) groups excluding carboxylic acids is 1. The number of benzene rings is 2. The summed E-state index contributed by atoms with van der Waals surface area (Å²) in [5.41, 5.74) is 0.203. The largest absolute Gasteiger partial charge is 0.490 e. The molecule has 2 aliphatic rings. The van der Waals surface area contributed by atoms with Crippen molar-refractivity contribution in [3.63, 3.8) is 0 Å². The monoisotopic (exact) mass is 427 g/mol. The molecular formula is C22H22ClN3O4. The summed E-state index contributed by atoms with van der Waals surface area (Å²) in [6, 6.07) is 9.92. The van der Waals surface area contributed by atoms with Crippen LogP contribution >= 0.6 is 11.6 Å². The molecule has 0 aliphatic carbocycles. The van der Waals surface area contributed by atoms with E-state index < -0.39 is 5.97 Å². The number of carboxylic acids is 1. The van der Waals surface area contributed by atoms with Gasteiger partial charge in [-0.3, -0.25) is 10.1 Å². The minimum absolute atomic E-state index is 0.000442. The summed E-state index contributed by atoms with van der Waals surface area (Å²) >= 11 is 6.47. The topological polar surface area (TPSA) is 103 Å². The first kappa shape index (κ1) is 20.5. The molecule has 0 bridgehead atoms. The molecule has 30 heavy (non-hydrogen) atoms. The molecule has 156 valence electrons. The van der Waals surface area contributed by atoms with Crippen LogP contribution in [0.25, 0.3) is 10.8 Å². The van der Waals surface area contributed by atoms with Gasteiger partial charge in [-0.1, -0.05) is 23.7 Å². The van der Waals surface area contributed by atoms with Crippen molar-refractivity contribution >= 4 is 34.2 Å². The number of likely N-dealkylation sites (tertiary alicyclic amines) is 1. The van der Waals surface area contributed by atoms with Crippen LogP contribution in [-0.4, -0.2) is 53.2 Å². The molecule has 2 saturated heterocycles. The first-order chi connectivity index (χ1) is 14.5. The molecule has 0 radical (unpaired) electrons. The van der Waals surface area contributed by atoms with Gasteiger partial charge in [-0.2, -0.15) is 5.26 Å². The number of hydrogen-bond donors (Lipinski definition) is 2. The number of nitrogens with one attached hydrogen (secondary N) is 1. The predicted molar refractivity (Wildman–Crippen MR) is 112 cm³/mol. The molecule has 0 aromatic heterocycles. The molecule has 4 rings (SSSR count). The smallest absolute Gasteiger partial charge is 0.335 e. The molecule has 0 spiro atoms. The van der Waals surface area contributed by atoms with Gasteiger partial charge in [0.2, 0.25) is 5.91 Å². The number of carboxylic acid groups (broad SMARTS) is 1. The molecule has 2 aromatic rings. The summed E-state index contributed by atoms with van der Waals surface area (Å²) in [4.78, 5) is 25.5. The Bertz CT molecular complexity index is 1030. The molecule has 2 aliphatic heterocycles. The predicted octanol–water partition coefficient (Wildman–Crippen LogP) is 3.21. The fourth-order valence-electron chi connectivity index (χ4n) is 4.22. The molecule has 7 nitrogen and oxygen atoms in total. The molecular weight excluding hydrogens is 406 g/mol. The van der Waals surface area contributed by atoms with Gasteiger partial charge in [0.1, 0.15) is 18.4 Å². The van der Waals surface area contributed by atoms with Crippen LogP contribution < -0.4 is 10.1 Å². The van der Waals surface area contributed by atoms with Crippen LogP contribution in [0.1, 0.15) is 36.0 Å². The highest BCUT2D eigenvalue weighted by Gasteiger charge is 2.37. The second-order valence-corrected chi connectivity index (χ2v) is 8.12. The fourth-order valence-corrected chi connectivity index (χ4v) is 4.51. The average molecular weight is 428 g/mol. The Labute approximate surface area is 179 Å². The van der Waals surface area contributed by atoms with Gasteiger partial charge >= 0.3 is 5.97 Å². The van der Waals surface area contributed by atoms with E-state index in [2.05, 4.69) is 11.4 Å². The van der Waals surface area contributed by atoms with Crippen molar-refractivity contribution in [2.75, 3.05) is 13.2 Å². The summed E-state index contributed by atoms with van der Waals surface area (Å²) in [6.07, 6.45) is 3.13. The van der Waals surface area contributed by atoms with Gasteiger partial charge in [0.15, 0.2) is 0 Å². The summed E-state index contributed by atoms with van der Waals surface area (Å²) in [6.45, 7) is 1.01. The number of fused-ring (bicyclic) bond motifs is 1. The maximum absolute atomic E-state index is 12.7.